The van der Waals surface area contributed by atoms with Gasteiger partial charge < -0.3 is 4.57 Å². The van der Waals surface area contributed by atoms with E-state index in [0.29, 0.717) is 30.8 Å². The summed E-state index contributed by atoms with van der Waals surface area (Å²) in [6, 6.07) is 1.90. The van der Waals surface area contributed by atoms with Crippen molar-refractivity contribution >= 4 is 11.2 Å². The van der Waals surface area contributed by atoms with Crippen LogP contribution < -0.4 is 0 Å². The van der Waals surface area contributed by atoms with Gasteiger partial charge in [-0.3, -0.25) is 4.98 Å². The molecule has 0 amide bonds. The predicted octanol–water partition coefficient (Wildman–Crippen LogP) is 3.35. The molecule has 1 aliphatic rings. The molecule has 1 aliphatic carbocycles. The van der Waals surface area contributed by atoms with Crippen LogP contribution >= 0.6 is 0 Å². The zero-order chi connectivity index (χ0) is 16.7. The van der Waals surface area contributed by atoms with Gasteiger partial charge in [-0.1, -0.05) is 0 Å². The molecule has 3 heterocycles. The van der Waals surface area contributed by atoms with Crippen molar-refractivity contribution in [2.75, 3.05) is 0 Å². The average Bonchev–Trinajstić information content (AvgIpc) is 3.15. The maximum absolute atomic E-state index is 13.3. The van der Waals surface area contributed by atoms with Gasteiger partial charge in [0.1, 0.15) is 16.9 Å². The fraction of sp³-hybridized carbons (Fsp3) is 0.500. The fourth-order valence-corrected chi connectivity index (χ4v) is 3.30. The third-order valence-electron chi connectivity index (χ3n) is 4.72. The normalized spacial score (nSPS) is 18.3. The summed E-state index contributed by atoms with van der Waals surface area (Å²) in [6.07, 6.45) is 4.65. The predicted molar refractivity (Wildman–Crippen MR) is 84.5 cm³/mol. The van der Waals surface area contributed by atoms with Gasteiger partial charge in [-0.25, -0.2) is 13.8 Å². The molecule has 3 aromatic heterocycles. The van der Waals surface area contributed by atoms with Gasteiger partial charge >= 0.3 is 0 Å². The largest absolute Gasteiger partial charge is 0.331 e. The van der Waals surface area contributed by atoms with E-state index in [-0.39, 0.29) is 18.8 Å². The maximum atomic E-state index is 13.3. The summed E-state index contributed by atoms with van der Waals surface area (Å²) in [4.78, 5) is 9.09. The fourth-order valence-electron chi connectivity index (χ4n) is 3.30. The minimum absolute atomic E-state index is 0.0219. The second kappa shape index (κ2) is 5.61. The first kappa shape index (κ1) is 15.2. The molecular formula is C16H18F2N6. The Bertz CT molecular complexity index is 858. The van der Waals surface area contributed by atoms with Crippen LogP contribution in [-0.4, -0.2) is 35.9 Å². The zero-order valence-electron chi connectivity index (χ0n) is 13.3. The van der Waals surface area contributed by atoms with E-state index >= 15 is 0 Å². The molecule has 6 nitrogen and oxygen atoms in total. The van der Waals surface area contributed by atoms with Gasteiger partial charge in [0.2, 0.25) is 5.92 Å². The Labute approximate surface area is 137 Å². The highest BCUT2D eigenvalue weighted by atomic mass is 19.3. The van der Waals surface area contributed by atoms with Gasteiger partial charge in [0.15, 0.2) is 5.65 Å². The van der Waals surface area contributed by atoms with Crippen LogP contribution in [0, 0.1) is 12.8 Å². The van der Waals surface area contributed by atoms with Crippen molar-refractivity contribution in [3.8, 4) is 11.4 Å². The number of aromatic amines is 1. The number of hydrogen-bond acceptors (Lipinski definition) is 4. The number of aromatic nitrogens is 6. The molecule has 0 unspecified atom stereocenters. The van der Waals surface area contributed by atoms with E-state index < -0.39 is 5.92 Å². The molecule has 0 bridgehead atoms. The lowest BCUT2D eigenvalue weighted by molar-refractivity contribution is -0.0472. The minimum atomic E-state index is -2.49. The number of alkyl halides is 2. The molecule has 126 valence electrons. The quantitative estimate of drug-likeness (QED) is 0.798. The monoisotopic (exact) mass is 332 g/mol. The van der Waals surface area contributed by atoms with E-state index in [9.17, 15) is 8.78 Å². The lowest BCUT2D eigenvalue weighted by Gasteiger charge is -2.28. The molecule has 1 saturated carbocycles. The van der Waals surface area contributed by atoms with Gasteiger partial charge in [0, 0.05) is 25.6 Å². The Morgan fingerprint density at radius 2 is 2.08 bits per heavy atom. The second-order valence-electron chi connectivity index (χ2n) is 6.49. The highest BCUT2D eigenvalue weighted by molar-refractivity contribution is 5.74. The highest BCUT2D eigenvalue weighted by Gasteiger charge is 2.35. The number of hydrogen-bond donors (Lipinski definition) is 1. The van der Waals surface area contributed by atoms with Crippen molar-refractivity contribution < 1.29 is 8.78 Å². The van der Waals surface area contributed by atoms with Gasteiger partial charge in [0.05, 0.1) is 11.9 Å². The Balaban J connectivity index is 1.61. The Kier molecular flexibility index (Phi) is 3.54. The lowest BCUT2D eigenvalue weighted by atomic mass is 9.87. The molecule has 0 radical (unpaired) electrons. The third-order valence-corrected chi connectivity index (χ3v) is 4.72. The van der Waals surface area contributed by atoms with Gasteiger partial charge in [0.25, 0.3) is 0 Å². The van der Waals surface area contributed by atoms with E-state index in [1.165, 1.54) is 0 Å². The molecule has 8 heteroatoms. The smallest absolute Gasteiger partial charge is 0.248 e. The van der Waals surface area contributed by atoms with Crippen LogP contribution in [0.25, 0.3) is 22.6 Å². The minimum Gasteiger partial charge on any atom is -0.331 e. The first-order valence-electron chi connectivity index (χ1n) is 8.09. The van der Waals surface area contributed by atoms with Crippen LogP contribution in [0.1, 0.15) is 31.4 Å². The first-order valence-corrected chi connectivity index (χ1v) is 8.09. The molecule has 0 atom stereocenters. The SMILES string of the molecule is Cc1n[nH]nc1-c1cnc2ccn(CC3CCC(F)(F)CC3)c2n1. The van der Waals surface area contributed by atoms with Crippen molar-refractivity contribution in [3.63, 3.8) is 0 Å². The second-order valence-corrected chi connectivity index (χ2v) is 6.49. The average molecular weight is 332 g/mol. The van der Waals surface area contributed by atoms with Crippen LogP contribution in [0.5, 0.6) is 0 Å². The summed E-state index contributed by atoms with van der Waals surface area (Å²) in [5.74, 6) is -2.24. The molecule has 0 aliphatic heterocycles. The van der Waals surface area contributed by atoms with Crippen LogP contribution in [-0.2, 0) is 6.54 Å². The number of fused-ring (bicyclic) bond motifs is 1. The third kappa shape index (κ3) is 2.76. The van der Waals surface area contributed by atoms with Crippen molar-refractivity contribution in [1.82, 2.24) is 29.9 Å². The first-order chi connectivity index (χ1) is 11.5. The molecular weight excluding hydrogens is 314 g/mol. The van der Waals surface area contributed by atoms with E-state index in [1.807, 2.05) is 23.8 Å². The summed E-state index contributed by atoms with van der Waals surface area (Å²) >= 11 is 0. The van der Waals surface area contributed by atoms with Crippen molar-refractivity contribution in [2.24, 2.45) is 5.92 Å². The molecule has 1 N–H and O–H groups in total. The molecule has 3 aromatic rings. The maximum Gasteiger partial charge on any atom is 0.248 e. The number of aryl methyl sites for hydroxylation is 1. The van der Waals surface area contributed by atoms with Crippen molar-refractivity contribution in [2.45, 2.75) is 45.1 Å². The number of halogens is 2. The van der Waals surface area contributed by atoms with E-state index in [2.05, 4.69) is 25.4 Å². The molecule has 0 aromatic carbocycles. The molecule has 1 fully saturated rings. The Morgan fingerprint density at radius 3 is 2.79 bits per heavy atom. The Morgan fingerprint density at radius 1 is 1.29 bits per heavy atom. The number of rotatable bonds is 3. The molecule has 4 rings (SSSR count). The topological polar surface area (TPSA) is 72.3 Å². The highest BCUT2D eigenvalue weighted by Crippen LogP contribution is 2.37. The number of H-pyrrole nitrogens is 1. The van der Waals surface area contributed by atoms with Crippen LogP contribution in [0.15, 0.2) is 18.5 Å². The lowest BCUT2D eigenvalue weighted by Crippen LogP contribution is -2.26. The van der Waals surface area contributed by atoms with Crippen LogP contribution in [0.2, 0.25) is 0 Å². The Hall–Kier alpha value is -2.38. The van der Waals surface area contributed by atoms with Gasteiger partial charge in [-0.15, -0.1) is 0 Å². The molecule has 0 spiro atoms. The summed E-state index contributed by atoms with van der Waals surface area (Å²) in [5.41, 5.74) is 3.64. The molecule has 0 saturated heterocycles. The van der Waals surface area contributed by atoms with Crippen molar-refractivity contribution in [3.05, 3.63) is 24.2 Å². The van der Waals surface area contributed by atoms with Crippen molar-refractivity contribution in [1.29, 1.82) is 0 Å². The standard InChI is InChI=1S/C16H18F2N6/c1-10-14(22-23-21-10)13-8-19-12-4-7-24(15(12)20-13)9-11-2-5-16(17,18)6-3-11/h4,7-8,11H,2-3,5-6,9H2,1H3,(H,21,22,23). The summed E-state index contributed by atoms with van der Waals surface area (Å²) < 4.78 is 28.6. The van der Waals surface area contributed by atoms with Gasteiger partial charge in [-0.05, 0) is 31.7 Å². The summed E-state index contributed by atoms with van der Waals surface area (Å²) in [7, 11) is 0. The van der Waals surface area contributed by atoms with E-state index in [1.54, 1.807) is 6.20 Å². The summed E-state index contributed by atoms with van der Waals surface area (Å²) in [5, 5.41) is 10.7. The van der Waals surface area contributed by atoms with Crippen LogP contribution in [0.3, 0.4) is 0 Å². The number of nitrogens with one attached hydrogen (secondary N) is 1. The van der Waals surface area contributed by atoms with E-state index in [4.69, 9.17) is 0 Å². The van der Waals surface area contributed by atoms with E-state index in [0.717, 1.165) is 16.9 Å². The summed E-state index contributed by atoms with van der Waals surface area (Å²) in [6.45, 7) is 2.54. The van der Waals surface area contributed by atoms with Gasteiger partial charge in [-0.2, -0.15) is 15.4 Å². The van der Waals surface area contributed by atoms with Crippen LogP contribution in [0.4, 0.5) is 8.78 Å². The zero-order valence-corrected chi connectivity index (χ0v) is 13.3. The molecule has 24 heavy (non-hydrogen) atoms. The number of nitrogens with zero attached hydrogens (tertiary/aromatic N) is 5.